The van der Waals surface area contributed by atoms with Gasteiger partial charge in [0.25, 0.3) is 0 Å². The van der Waals surface area contributed by atoms with Crippen LogP contribution < -0.4 is 10.5 Å². The van der Waals surface area contributed by atoms with E-state index in [0.717, 1.165) is 24.8 Å². The molecule has 4 nitrogen and oxygen atoms in total. The zero-order valence-electron chi connectivity index (χ0n) is 12.0. The molecule has 110 valence electrons. The molecule has 20 heavy (non-hydrogen) atoms. The fourth-order valence-electron chi connectivity index (χ4n) is 1.85. The van der Waals surface area contributed by atoms with Crippen LogP contribution in [-0.4, -0.2) is 21.0 Å². The molecule has 0 bridgehead atoms. The van der Waals surface area contributed by atoms with Gasteiger partial charge in [-0.15, -0.1) is 0 Å². The normalized spacial score (nSPS) is 12.6. The third kappa shape index (κ3) is 4.97. The number of rotatable bonds is 6. The van der Waals surface area contributed by atoms with Crippen molar-refractivity contribution in [3.8, 4) is 11.8 Å². The fourth-order valence-corrected chi connectivity index (χ4v) is 3.21. The van der Waals surface area contributed by atoms with E-state index in [1.54, 1.807) is 24.3 Å². The van der Waals surface area contributed by atoms with Gasteiger partial charge in [0.15, 0.2) is 0 Å². The van der Waals surface area contributed by atoms with Gasteiger partial charge in [0.2, 0.25) is 10.0 Å². The van der Waals surface area contributed by atoms with Gasteiger partial charge in [-0.05, 0) is 37.1 Å². The monoisotopic (exact) mass is 294 g/mol. The van der Waals surface area contributed by atoms with Crippen LogP contribution in [0.15, 0.2) is 29.2 Å². The minimum Gasteiger partial charge on any atom is -0.320 e. The fraction of sp³-hybridized carbons (Fsp3) is 0.467. The predicted octanol–water partition coefficient (Wildman–Crippen LogP) is 1.85. The zero-order chi connectivity index (χ0) is 15.0. The van der Waals surface area contributed by atoms with Gasteiger partial charge in [0.05, 0.1) is 11.4 Å². The van der Waals surface area contributed by atoms with E-state index in [4.69, 9.17) is 5.73 Å². The molecule has 0 saturated carbocycles. The Labute approximate surface area is 121 Å². The van der Waals surface area contributed by atoms with Gasteiger partial charge < -0.3 is 5.73 Å². The Hall–Kier alpha value is -1.35. The lowest BCUT2D eigenvalue weighted by atomic mass is 10.1. The highest BCUT2D eigenvalue weighted by Crippen LogP contribution is 2.12. The molecule has 1 unspecified atom stereocenters. The van der Waals surface area contributed by atoms with Crippen molar-refractivity contribution >= 4 is 10.0 Å². The maximum absolute atomic E-state index is 12.2. The largest absolute Gasteiger partial charge is 0.320 e. The summed E-state index contributed by atoms with van der Waals surface area (Å²) < 4.78 is 27.2. The van der Waals surface area contributed by atoms with Gasteiger partial charge in [-0.1, -0.05) is 32.1 Å². The first kappa shape index (κ1) is 16.7. The second kappa shape index (κ2) is 8.05. The minimum atomic E-state index is -3.45. The quantitative estimate of drug-likeness (QED) is 0.787. The van der Waals surface area contributed by atoms with E-state index < -0.39 is 10.0 Å². The first-order valence-corrected chi connectivity index (χ1v) is 8.33. The van der Waals surface area contributed by atoms with Crippen molar-refractivity contribution in [2.45, 2.75) is 44.0 Å². The van der Waals surface area contributed by atoms with E-state index in [2.05, 4.69) is 16.6 Å². The predicted molar refractivity (Wildman–Crippen MR) is 81.7 cm³/mol. The Kier molecular flexibility index (Phi) is 6.73. The molecular formula is C15H22N2O2S. The van der Waals surface area contributed by atoms with Crippen molar-refractivity contribution in [2.24, 2.45) is 5.73 Å². The van der Waals surface area contributed by atoms with Crippen molar-refractivity contribution in [1.29, 1.82) is 0 Å². The van der Waals surface area contributed by atoms with Gasteiger partial charge in [0, 0.05) is 11.6 Å². The van der Waals surface area contributed by atoms with E-state index >= 15 is 0 Å². The number of hydrogen-bond acceptors (Lipinski definition) is 3. The molecule has 0 aliphatic rings. The SMILES string of the molecule is CCCC(CC)NS(=O)(=O)c1ccc(C#CCN)cc1. The van der Waals surface area contributed by atoms with Gasteiger partial charge >= 0.3 is 0 Å². The average Bonchev–Trinajstić information content (AvgIpc) is 2.45. The summed E-state index contributed by atoms with van der Waals surface area (Å²) in [7, 11) is -3.45. The molecule has 1 rings (SSSR count). The van der Waals surface area contributed by atoms with Crippen molar-refractivity contribution in [3.63, 3.8) is 0 Å². The van der Waals surface area contributed by atoms with Crippen LogP contribution in [0.3, 0.4) is 0 Å². The maximum Gasteiger partial charge on any atom is 0.240 e. The van der Waals surface area contributed by atoms with Crippen LogP contribution in [-0.2, 0) is 10.0 Å². The lowest BCUT2D eigenvalue weighted by Crippen LogP contribution is -2.34. The Morgan fingerprint density at radius 2 is 1.90 bits per heavy atom. The Morgan fingerprint density at radius 1 is 1.25 bits per heavy atom. The highest BCUT2D eigenvalue weighted by atomic mass is 32.2. The van der Waals surface area contributed by atoms with Gasteiger partial charge in [-0.3, -0.25) is 0 Å². The summed E-state index contributed by atoms with van der Waals surface area (Å²) >= 11 is 0. The zero-order valence-corrected chi connectivity index (χ0v) is 12.8. The molecular weight excluding hydrogens is 272 g/mol. The minimum absolute atomic E-state index is 0.0123. The molecule has 3 N–H and O–H groups in total. The van der Waals surface area contributed by atoms with Gasteiger partial charge in [0.1, 0.15) is 0 Å². The summed E-state index contributed by atoms with van der Waals surface area (Å²) in [5.74, 6) is 5.60. The number of nitrogens with one attached hydrogen (secondary N) is 1. The van der Waals surface area contributed by atoms with Gasteiger partial charge in [-0.2, -0.15) is 0 Å². The number of sulfonamides is 1. The second-order valence-electron chi connectivity index (χ2n) is 4.55. The molecule has 5 heteroatoms. The number of benzene rings is 1. The number of nitrogens with two attached hydrogens (primary N) is 1. The summed E-state index contributed by atoms with van der Waals surface area (Å²) in [6.45, 7) is 4.31. The van der Waals surface area contributed by atoms with Crippen molar-refractivity contribution in [3.05, 3.63) is 29.8 Å². The molecule has 0 heterocycles. The van der Waals surface area contributed by atoms with Gasteiger partial charge in [-0.25, -0.2) is 13.1 Å². The standard InChI is InChI=1S/C15H22N2O2S/c1-3-6-14(4-2)17-20(18,19)15-10-8-13(9-11-15)7-5-12-16/h8-11,14,17H,3-4,6,12,16H2,1-2H3. The molecule has 1 aromatic rings. The van der Waals surface area contributed by atoms with Crippen LogP contribution in [0.4, 0.5) is 0 Å². The smallest absolute Gasteiger partial charge is 0.240 e. The highest BCUT2D eigenvalue weighted by Gasteiger charge is 2.18. The van der Waals surface area contributed by atoms with E-state index in [1.807, 2.05) is 13.8 Å². The second-order valence-corrected chi connectivity index (χ2v) is 6.26. The van der Waals surface area contributed by atoms with Crippen LogP contribution in [0, 0.1) is 11.8 Å². The highest BCUT2D eigenvalue weighted by molar-refractivity contribution is 7.89. The molecule has 0 saturated heterocycles. The van der Waals surface area contributed by atoms with Crippen LogP contribution in [0.1, 0.15) is 38.7 Å². The summed E-state index contributed by atoms with van der Waals surface area (Å²) in [6.07, 6.45) is 2.58. The summed E-state index contributed by atoms with van der Waals surface area (Å²) in [5, 5.41) is 0. The Balaban J connectivity index is 2.87. The first-order valence-electron chi connectivity index (χ1n) is 6.84. The van der Waals surface area contributed by atoms with Crippen LogP contribution in [0.2, 0.25) is 0 Å². The molecule has 0 radical (unpaired) electrons. The Morgan fingerprint density at radius 3 is 2.40 bits per heavy atom. The molecule has 0 aliphatic heterocycles. The summed E-state index contributed by atoms with van der Waals surface area (Å²) in [6, 6.07) is 6.51. The molecule has 0 fully saturated rings. The lowest BCUT2D eigenvalue weighted by Gasteiger charge is -2.16. The molecule has 0 aromatic heterocycles. The molecule has 1 aromatic carbocycles. The number of hydrogen-bond donors (Lipinski definition) is 2. The average molecular weight is 294 g/mol. The lowest BCUT2D eigenvalue weighted by molar-refractivity contribution is 0.512. The molecule has 0 aliphatic carbocycles. The van der Waals surface area contributed by atoms with E-state index in [0.29, 0.717) is 0 Å². The van der Waals surface area contributed by atoms with Crippen molar-refractivity contribution < 1.29 is 8.42 Å². The molecule has 0 amide bonds. The summed E-state index contributed by atoms with van der Waals surface area (Å²) in [5.41, 5.74) is 6.05. The van der Waals surface area contributed by atoms with Crippen LogP contribution in [0.5, 0.6) is 0 Å². The molecule has 0 spiro atoms. The third-order valence-electron chi connectivity index (χ3n) is 2.95. The molecule has 1 atom stereocenters. The Bertz CT molecular complexity index is 568. The summed E-state index contributed by atoms with van der Waals surface area (Å²) in [4.78, 5) is 0.269. The topological polar surface area (TPSA) is 72.2 Å². The van der Waals surface area contributed by atoms with Crippen LogP contribution in [0.25, 0.3) is 0 Å². The van der Waals surface area contributed by atoms with Crippen LogP contribution >= 0.6 is 0 Å². The van der Waals surface area contributed by atoms with E-state index in [-0.39, 0.29) is 17.5 Å². The maximum atomic E-state index is 12.2. The third-order valence-corrected chi connectivity index (χ3v) is 4.49. The van der Waals surface area contributed by atoms with Crippen molar-refractivity contribution in [1.82, 2.24) is 4.72 Å². The first-order chi connectivity index (χ1) is 9.53. The van der Waals surface area contributed by atoms with E-state index in [1.165, 1.54) is 0 Å². The van der Waals surface area contributed by atoms with E-state index in [9.17, 15) is 8.42 Å². The van der Waals surface area contributed by atoms with Crippen molar-refractivity contribution in [2.75, 3.05) is 6.54 Å².